The lowest BCUT2D eigenvalue weighted by atomic mass is 10.1. The molecule has 0 spiro atoms. The van der Waals surface area contributed by atoms with E-state index in [4.69, 9.17) is 22.9 Å². The summed E-state index contributed by atoms with van der Waals surface area (Å²) in [6.07, 6.45) is 1.71. The fourth-order valence-corrected chi connectivity index (χ4v) is 5.27. The van der Waals surface area contributed by atoms with Crippen molar-refractivity contribution in [3.8, 4) is 0 Å². The molecular weight excluding hydrogens is 769 g/mol. The normalized spacial score (nSPS) is 11.8. The van der Waals surface area contributed by atoms with Gasteiger partial charge in [-0.2, -0.15) is 0 Å². The minimum atomic E-state index is -0.634. The van der Waals surface area contributed by atoms with Gasteiger partial charge in [0, 0.05) is 53.4 Å². The number of carbonyl (C=O) groups excluding carboxylic acids is 8. The number of benzene rings is 4. The van der Waals surface area contributed by atoms with Crippen molar-refractivity contribution in [2.75, 3.05) is 0 Å². The van der Waals surface area contributed by atoms with Gasteiger partial charge in [0.25, 0.3) is 0 Å². The van der Waals surface area contributed by atoms with Crippen LogP contribution in [-0.4, -0.2) is 71.4 Å². The van der Waals surface area contributed by atoms with Crippen LogP contribution in [-0.2, 0) is 64.0 Å². The fraction of sp³-hybridized carbons (Fsp3) is 0.273. The summed E-state index contributed by atoms with van der Waals surface area (Å²) in [5.74, 6) is -3.10. The highest BCUT2D eigenvalue weighted by Gasteiger charge is 2.19. The molecule has 0 aliphatic heterocycles. The zero-order valence-corrected chi connectivity index (χ0v) is 34.3. The third-order valence-electron chi connectivity index (χ3n) is 8.01. The van der Waals surface area contributed by atoms with Gasteiger partial charge >= 0.3 is 0 Å². The Kier molecular flexibility index (Phi) is 23.7. The van der Waals surface area contributed by atoms with Gasteiger partial charge in [-0.1, -0.05) is 121 Å². The van der Waals surface area contributed by atoms with E-state index in [1.807, 2.05) is 121 Å². The molecule has 0 saturated heterocycles. The van der Waals surface area contributed by atoms with Crippen LogP contribution in [0.2, 0.25) is 0 Å². The number of carbonyl (C=O) groups is 8. The molecule has 4 aromatic carbocycles. The Bertz CT molecular complexity index is 1680. The Morgan fingerprint density at radius 3 is 0.600 bits per heavy atom. The van der Waals surface area contributed by atoms with Crippen LogP contribution < -0.4 is 44.2 Å². The van der Waals surface area contributed by atoms with Gasteiger partial charge in [-0.3, -0.25) is 38.4 Å². The molecule has 0 radical (unpaired) electrons. The second-order valence-electron chi connectivity index (χ2n) is 13.4. The molecule has 0 heterocycles. The van der Waals surface area contributed by atoms with Crippen LogP contribution >= 0.6 is 0 Å². The van der Waals surface area contributed by atoms with Crippen molar-refractivity contribution in [2.24, 2.45) is 22.9 Å². The maximum Gasteiger partial charge on any atom is 0.240 e. The quantitative estimate of drug-likeness (QED) is 0.0801. The maximum absolute atomic E-state index is 11.0. The number of primary amides is 4. The number of amides is 8. The first-order valence-corrected chi connectivity index (χ1v) is 18.8. The van der Waals surface area contributed by atoms with Crippen LogP contribution in [0.3, 0.4) is 0 Å². The van der Waals surface area contributed by atoms with Gasteiger partial charge in [0.2, 0.25) is 47.3 Å². The van der Waals surface area contributed by atoms with Gasteiger partial charge in [0.05, 0.1) is 0 Å². The average Bonchev–Trinajstić information content (AvgIpc) is 3.18. The Morgan fingerprint density at radius 2 is 0.483 bits per heavy atom. The lowest BCUT2D eigenvalue weighted by molar-refractivity contribution is -0.126. The average molecular weight is 825 g/mol. The highest BCUT2D eigenvalue weighted by Crippen LogP contribution is 2.06. The van der Waals surface area contributed by atoms with E-state index < -0.39 is 47.8 Å². The third kappa shape index (κ3) is 23.6. The summed E-state index contributed by atoms with van der Waals surface area (Å²) in [5.41, 5.74) is 24.6. The monoisotopic (exact) mass is 824 g/mol. The van der Waals surface area contributed by atoms with Gasteiger partial charge in [-0.05, 0) is 22.3 Å². The molecule has 60 heavy (non-hydrogen) atoms. The number of hydrogen-bond donors (Lipinski definition) is 8. The summed E-state index contributed by atoms with van der Waals surface area (Å²) in [4.78, 5) is 87.5. The second kappa shape index (κ2) is 28.1. The van der Waals surface area contributed by atoms with E-state index in [-0.39, 0.29) is 23.6 Å². The molecular formula is C44H56N8O8. The minimum Gasteiger partial charge on any atom is -0.368 e. The fourth-order valence-electron chi connectivity index (χ4n) is 5.27. The predicted octanol–water partition coefficient (Wildman–Crippen LogP) is 0.876. The minimum absolute atomic E-state index is 0.255. The van der Waals surface area contributed by atoms with Crippen molar-refractivity contribution in [1.29, 1.82) is 0 Å². The smallest absolute Gasteiger partial charge is 0.240 e. The topological polar surface area (TPSA) is 289 Å². The van der Waals surface area contributed by atoms with Crippen LogP contribution in [0.1, 0.15) is 49.9 Å². The van der Waals surface area contributed by atoms with Crippen LogP contribution in [0.4, 0.5) is 0 Å². The van der Waals surface area contributed by atoms with Crippen molar-refractivity contribution in [3.05, 3.63) is 144 Å². The van der Waals surface area contributed by atoms with E-state index in [1.54, 1.807) is 0 Å². The summed E-state index contributed by atoms with van der Waals surface area (Å²) < 4.78 is 0. The van der Waals surface area contributed by atoms with Crippen molar-refractivity contribution >= 4 is 47.3 Å². The number of nitrogens with one attached hydrogen (secondary N) is 4. The molecule has 0 unspecified atom stereocenters. The molecule has 0 aliphatic carbocycles. The molecule has 8 amide bonds. The van der Waals surface area contributed by atoms with Crippen molar-refractivity contribution in [1.82, 2.24) is 21.3 Å². The van der Waals surface area contributed by atoms with Crippen molar-refractivity contribution in [2.45, 2.75) is 77.5 Å². The molecule has 0 saturated carbocycles. The van der Waals surface area contributed by atoms with Crippen LogP contribution in [0, 0.1) is 0 Å². The highest BCUT2D eigenvalue weighted by molar-refractivity contribution is 5.87. The summed E-state index contributed by atoms with van der Waals surface area (Å²) in [6, 6.07) is 35.1. The summed E-state index contributed by atoms with van der Waals surface area (Å²) in [5, 5.41) is 10.1. The Hall–Kier alpha value is -7.36. The summed E-state index contributed by atoms with van der Waals surface area (Å²) in [6.45, 7) is 5.45. The highest BCUT2D eigenvalue weighted by atomic mass is 16.2. The molecule has 4 aromatic rings. The molecule has 0 aromatic heterocycles. The summed E-state index contributed by atoms with van der Waals surface area (Å²) >= 11 is 0. The number of hydrogen-bond acceptors (Lipinski definition) is 8. The number of rotatable bonds is 16. The molecule has 0 bridgehead atoms. The first kappa shape index (κ1) is 50.7. The Balaban J connectivity index is 0.000000400. The SMILES string of the molecule is CC(=O)N[C@@H](Cc1ccccc1)C(N)=O.CC(=O)N[C@@H](Cc1ccccc1)C(N)=O.CC(=O)N[C@@H](Cc1ccccc1)C(N)=O.CC(=O)N[C@@H](Cc1ccccc1)C(N)=O. The lowest BCUT2D eigenvalue weighted by Crippen LogP contribution is -2.44. The lowest BCUT2D eigenvalue weighted by Gasteiger charge is -2.13. The first-order chi connectivity index (χ1) is 28.4. The van der Waals surface area contributed by atoms with Crippen LogP contribution in [0.15, 0.2) is 121 Å². The molecule has 12 N–H and O–H groups in total. The first-order valence-electron chi connectivity index (χ1n) is 18.8. The van der Waals surface area contributed by atoms with E-state index in [0.717, 1.165) is 22.3 Å². The maximum atomic E-state index is 11.0. The van der Waals surface area contributed by atoms with E-state index in [9.17, 15) is 38.4 Å². The zero-order chi connectivity index (χ0) is 45.0. The van der Waals surface area contributed by atoms with Crippen LogP contribution in [0.25, 0.3) is 0 Å². The van der Waals surface area contributed by atoms with E-state index in [0.29, 0.717) is 25.7 Å². The third-order valence-corrected chi connectivity index (χ3v) is 8.01. The zero-order valence-electron chi connectivity index (χ0n) is 34.3. The molecule has 0 fully saturated rings. The predicted molar refractivity (Wildman–Crippen MR) is 228 cm³/mol. The largest absolute Gasteiger partial charge is 0.368 e. The molecule has 4 rings (SSSR count). The van der Waals surface area contributed by atoms with E-state index >= 15 is 0 Å². The number of nitrogens with two attached hydrogens (primary N) is 4. The Morgan fingerprint density at radius 1 is 0.333 bits per heavy atom. The molecule has 320 valence electrons. The summed E-state index contributed by atoms with van der Waals surface area (Å²) in [7, 11) is 0. The van der Waals surface area contributed by atoms with Gasteiger partial charge in [0.1, 0.15) is 24.2 Å². The molecule has 4 atom stereocenters. The molecule has 0 aliphatic rings. The van der Waals surface area contributed by atoms with Crippen molar-refractivity contribution in [3.63, 3.8) is 0 Å². The van der Waals surface area contributed by atoms with Crippen LogP contribution in [0.5, 0.6) is 0 Å². The van der Waals surface area contributed by atoms with E-state index in [2.05, 4.69) is 21.3 Å². The van der Waals surface area contributed by atoms with E-state index in [1.165, 1.54) is 27.7 Å². The second-order valence-corrected chi connectivity index (χ2v) is 13.4. The van der Waals surface area contributed by atoms with Gasteiger partial charge in [-0.15, -0.1) is 0 Å². The standard InChI is InChI=1S/4C11H14N2O2/c4*1-8(14)13-10(11(12)15)7-9-5-3-2-4-6-9/h4*2-6,10H,7H2,1H3,(H2,12,15)(H,13,14)/t4*10-/m0000/s1. The van der Waals surface area contributed by atoms with Gasteiger partial charge in [0.15, 0.2) is 0 Å². The Labute approximate surface area is 350 Å². The van der Waals surface area contributed by atoms with Crippen molar-refractivity contribution < 1.29 is 38.4 Å². The molecule has 16 heteroatoms. The van der Waals surface area contributed by atoms with Gasteiger partial charge in [-0.25, -0.2) is 0 Å². The molecule has 16 nitrogen and oxygen atoms in total. The van der Waals surface area contributed by atoms with Gasteiger partial charge < -0.3 is 44.2 Å².